The lowest BCUT2D eigenvalue weighted by Gasteiger charge is -2.37. The highest BCUT2D eigenvalue weighted by Crippen LogP contribution is 2.35. The van der Waals surface area contributed by atoms with Crippen molar-refractivity contribution >= 4 is 17.7 Å². The number of carboxylic acid groups (broad SMARTS) is 1. The third-order valence-corrected chi connectivity index (χ3v) is 4.99. The Morgan fingerprint density at radius 3 is 2.82 bits per heavy atom. The van der Waals surface area contributed by atoms with E-state index >= 15 is 0 Å². The first-order valence-corrected chi connectivity index (χ1v) is 7.59. The van der Waals surface area contributed by atoms with E-state index in [1.54, 1.807) is 7.05 Å². The zero-order chi connectivity index (χ0) is 12.9. The number of hydrogen-bond acceptors (Lipinski definition) is 3. The number of rotatable bonds is 6. The number of carboxylic acids is 1. The maximum Gasteiger partial charge on any atom is 0.323 e. The van der Waals surface area contributed by atoms with E-state index in [4.69, 9.17) is 0 Å². The number of thioether (sulfide) groups is 1. The molecule has 3 nitrogen and oxygen atoms in total. The molecule has 1 fully saturated rings. The summed E-state index contributed by atoms with van der Waals surface area (Å²) in [6.07, 6.45) is 4.94. The molecule has 2 N–H and O–H groups in total. The molecular formula is C13H25NO2S. The molecule has 0 aromatic rings. The monoisotopic (exact) mass is 259 g/mol. The van der Waals surface area contributed by atoms with Crippen LogP contribution in [0.4, 0.5) is 0 Å². The second-order valence-corrected chi connectivity index (χ2v) is 6.82. The van der Waals surface area contributed by atoms with Crippen molar-refractivity contribution in [2.24, 2.45) is 5.92 Å². The van der Waals surface area contributed by atoms with Gasteiger partial charge in [0.05, 0.1) is 0 Å². The summed E-state index contributed by atoms with van der Waals surface area (Å²) < 4.78 is 0. The van der Waals surface area contributed by atoms with Crippen LogP contribution in [0.3, 0.4) is 0 Å². The minimum Gasteiger partial charge on any atom is -0.480 e. The van der Waals surface area contributed by atoms with Gasteiger partial charge in [0.25, 0.3) is 0 Å². The molecule has 2 unspecified atom stereocenters. The molecular weight excluding hydrogens is 234 g/mol. The quantitative estimate of drug-likeness (QED) is 0.770. The molecule has 0 spiro atoms. The van der Waals surface area contributed by atoms with Crippen LogP contribution in [0, 0.1) is 5.92 Å². The Balaban J connectivity index is 2.45. The van der Waals surface area contributed by atoms with Crippen LogP contribution in [-0.2, 0) is 4.79 Å². The fourth-order valence-corrected chi connectivity index (χ4v) is 4.04. The predicted octanol–water partition coefficient (Wildman–Crippen LogP) is 2.75. The van der Waals surface area contributed by atoms with Crippen LogP contribution in [0.25, 0.3) is 0 Å². The molecule has 17 heavy (non-hydrogen) atoms. The molecule has 0 bridgehead atoms. The van der Waals surface area contributed by atoms with E-state index in [2.05, 4.69) is 19.2 Å². The number of hydrogen-bond donors (Lipinski definition) is 2. The second kappa shape index (κ2) is 6.64. The molecule has 4 heteroatoms. The van der Waals surface area contributed by atoms with Crippen molar-refractivity contribution in [3.8, 4) is 0 Å². The van der Waals surface area contributed by atoms with E-state index in [-0.39, 0.29) is 0 Å². The molecule has 1 saturated carbocycles. The molecule has 0 aromatic carbocycles. The zero-order valence-corrected chi connectivity index (χ0v) is 12.0. The van der Waals surface area contributed by atoms with Gasteiger partial charge < -0.3 is 10.4 Å². The average molecular weight is 259 g/mol. The molecule has 1 rings (SSSR count). The van der Waals surface area contributed by atoms with Crippen molar-refractivity contribution in [2.45, 2.75) is 56.7 Å². The van der Waals surface area contributed by atoms with Crippen molar-refractivity contribution in [1.29, 1.82) is 0 Å². The molecule has 0 heterocycles. The Bertz CT molecular complexity index is 258. The van der Waals surface area contributed by atoms with Gasteiger partial charge in [0, 0.05) is 5.25 Å². The molecule has 0 aliphatic heterocycles. The van der Waals surface area contributed by atoms with Crippen molar-refractivity contribution in [2.75, 3.05) is 12.8 Å². The Hall–Kier alpha value is -0.220. The zero-order valence-electron chi connectivity index (χ0n) is 11.2. The second-order valence-electron chi connectivity index (χ2n) is 5.41. The fraction of sp³-hybridized carbons (Fsp3) is 0.923. The van der Waals surface area contributed by atoms with Gasteiger partial charge in [-0.15, -0.1) is 0 Å². The summed E-state index contributed by atoms with van der Waals surface area (Å²) >= 11 is 1.96. The van der Waals surface area contributed by atoms with E-state index in [1.807, 2.05) is 11.8 Å². The summed E-state index contributed by atoms with van der Waals surface area (Å²) in [5, 5.41) is 12.9. The summed E-state index contributed by atoms with van der Waals surface area (Å²) in [6.45, 7) is 4.47. The van der Waals surface area contributed by atoms with Gasteiger partial charge in [-0.3, -0.25) is 4.79 Å². The molecule has 100 valence electrons. The topological polar surface area (TPSA) is 49.3 Å². The van der Waals surface area contributed by atoms with Crippen molar-refractivity contribution < 1.29 is 9.90 Å². The fourth-order valence-electron chi connectivity index (χ4n) is 2.37. The van der Waals surface area contributed by atoms with E-state index < -0.39 is 11.5 Å². The lowest BCUT2D eigenvalue weighted by molar-refractivity contribution is -0.146. The molecule has 2 atom stereocenters. The van der Waals surface area contributed by atoms with Gasteiger partial charge in [-0.25, -0.2) is 0 Å². The largest absolute Gasteiger partial charge is 0.480 e. The van der Waals surface area contributed by atoms with Crippen molar-refractivity contribution in [1.82, 2.24) is 5.32 Å². The Morgan fingerprint density at radius 2 is 2.29 bits per heavy atom. The van der Waals surface area contributed by atoms with Crippen molar-refractivity contribution in [3.05, 3.63) is 0 Å². The molecule has 0 aromatic heterocycles. The lowest BCUT2D eigenvalue weighted by Crippen LogP contribution is -2.54. The van der Waals surface area contributed by atoms with Crippen LogP contribution in [0.5, 0.6) is 0 Å². The summed E-state index contributed by atoms with van der Waals surface area (Å²) in [7, 11) is 1.77. The molecule has 0 saturated heterocycles. The number of aliphatic carboxylic acids is 1. The molecule has 0 amide bonds. The van der Waals surface area contributed by atoms with Gasteiger partial charge in [0.1, 0.15) is 5.54 Å². The van der Waals surface area contributed by atoms with E-state index in [0.717, 1.165) is 30.9 Å². The van der Waals surface area contributed by atoms with Crippen LogP contribution in [0.1, 0.15) is 46.0 Å². The third-order valence-electron chi connectivity index (χ3n) is 3.64. The Kier molecular flexibility index (Phi) is 5.80. The standard InChI is InChI=1S/C13H25NO2S/c1-10(2)6-8-17-11-5-4-7-13(9-11,14-3)12(15)16/h10-11,14H,4-9H2,1-3H3,(H,15,16). The van der Waals surface area contributed by atoms with Crippen molar-refractivity contribution in [3.63, 3.8) is 0 Å². The molecule has 1 aliphatic carbocycles. The number of nitrogens with one attached hydrogen (secondary N) is 1. The number of carbonyl (C=O) groups is 1. The van der Waals surface area contributed by atoms with Crippen LogP contribution in [-0.4, -0.2) is 34.7 Å². The van der Waals surface area contributed by atoms with Crippen LogP contribution >= 0.6 is 11.8 Å². The highest BCUT2D eigenvalue weighted by Gasteiger charge is 2.41. The van der Waals surface area contributed by atoms with Gasteiger partial charge >= 0.3 is 5.97 Å². The third kappa shape index (κ3) is 4.18. The van der Waals surface area contributed by atoms with E-state index in [0.29, 0.717) is 5.25 Å². The minimum atomic E-state index is -0.686. The van der Waals surface area contributed by atoms with Crippen LogP contribution in [0.2, 0.25) is 0 Å². The summed E-state index contributed by atoms with van der Waals surface area (Å²) in [4.78, 5) is 11.4. The van der Waals surface area contributed by atoms with Gasteiger partial charge in [-0.05, 0) is 50.8 Å². The van der Waals surface area contributed by atoms with Crippen LogP contribution < -0.4 is 5.32 Å². The van der Waals surface area contributed by atoms with Crippen LogP contribution in [0.15, 0.2) is 0 Å². The molecule has 1 aliphatic rings. The highest BCUT2D eigenvalue weighted by atomic mass is 32.2. The smallest absolute Gasteiger partial charge is 0.323 e. The Morgan fingerprint density at radius 1 is 1.59 bits per heavy atom. The van der Waals surface area contributed by atoms with Gasteiger partial charge in [-0.1, -0.05) is 13.8 Å². The summed E-state index contributed by atoms with van der Waals surface area (Å²) in [6, 6.07) is 0. The first kappa shape index (κ1) is 14.8. The predicted molar refractivity (Wildman–Crippen MR) is 73.6 cm³/mol. The first-order chi connectivity index (χ1) is 8.00. The SMILES string of the molecule is CNC1(C(=O)O)CCCC(SCCC(C)C)C1. The lowest BCUT2D eigenvalue weighted by atomic mass is 9.81. The van der Waals surface area contributed by atoms with E-state index in [9.17, 15) is 9.90 Å². The summed E-state index contributed by atoms with van der Waals surface area (Å²) in [5.41, 5.74) is -0.673. The molecule has 0 radical (unpaired) electrons. The Labute approximate surface area is 109 Å². The normalized spacial score (nSPS) is 29.5. The van der Waals surface area contributed by atoms with E-state index in [1.165, 1.54) is 12.8 Å². The maximum atomic E-state index is 11.4. The van der Waals surface area contributed by atoms with Gasteiger partial charge in [0.15, 0.2) is 0 Å². The maximum absolute atomic E-state index is 11.4. The van der Waals surface area contributed by atoms with Gasteiger partial charge in [-0.2, -0.15) is 11.8 Å². The highest BCUT2D eigenvalue weighted by molar-refractivity contribution is 7.99. The number of likely N-dealkylation sites (N-methyl/N-ethyl adjacent to an activating group) is 1. The summed E-state index contributed by atoms with van der Waals surface area (Å²) in [5.74, 6) is 1.20. The van der Waals surface area contributed by atoms with Gasteiger partial charge in [0.2, 0.25) is 0 Å². The first-order valence-electron chi connectivity index (χ1n) is 6.54. The minimum absolute atomic E-state index is 0.506. The average Bonchev–Trinajstić information content (AvgIpc) is 2.28.